The lowest BCUT2D eigenvalue weighted by Crippen LogP contribution is -2.60. The van der Waals surface area contributed by atoms with E-state index >= 15 is 4.39 Å². The zero-order valence-electron chi connectivity index (χ0n) is 22.4. The van der Waals surface area contributed by atoms with Gasteiger partial charge in [0.05, 0.1) is 18.5 Å². The number of nitrogens with two attached hydrogens (primary N) is 1. The number of anilines is 1. The van der Waals surface area contributed by atoms with E-state index in [-0.39, 0.29) is 17.2 Å². The Bertz CT molecular complexity index is 1460. The van der Waals surface area contributed by atoms with Gasteiger partial charge >= 0.3 is 14.5 Å². The zero-order chi connectivity index (χ0) is 32.8. The summed E-state index contributed by atoms with van der Waals surface area (Å²) in [5.41, 5.74) is 3.81. The molecule has 0 amide bonds. The summed E-state index contributed by atoms with van der Waals surface area (Å²) in [6, 6.07) is 0. The molecule has 0 radical (unpaired) electrons. The lowest BCUT2D eigenvalue weighted by Gasteiger charge is -2.41. The average Bonchev–Trinajstić information content (AvgIpc) is 3.49. The predicted molar refractivity (Wildman–Crippen MR) is 142 cm³/mol. The van der Waals surface area contributed by atoms with Crippen molar-refractivity contribution in [1.29, 1.82) is 0 Å². The largest absolute Gasteiger partial charge is 0.481 e. The van der Waals surface area contributed by atoms with Gasteiger partial charge < -0.3 is 59.8 Å². The van der Waals surface area contributed by atoms with E-state index in [1.807, 2.05) is 0 Å². The molecule has 0 saturated carbocycles. The van der Waals surface area contributed by atoms with Crippen LogP contribution >= 0.6 is 14.5 Å². The van der Waals surface area contributed by atoms with Gasteiger partial charge in [-0.3, -0.25) is 4.52 Å². The second kappa shape index (κ2) is 12.8. The van der Waals surface area contributed by atoms with Crippen molar-refractivity contribution in [2.75, 3.05) is 26.1 Å². The maximum Gasteiger partial charge on any atom is 0.481 e. The summed E-state index contributed by atoms with van der Waals surface area (Å²) < 4.78 is 73.4. The first kappa shape index (κ1) is 35.2. The number of rotatable bonds is 12. The smallest absolute Gasteiger partial charge is 0.393 e. The minimum absolute atomic E-state index is 0.00994. The van der Waals surface area contributed by atoms with Gasteiger partial charge in [-0.2, -0.15) is 5.10 Å². The number of hydrogen-bond donors (Lipinski definition) is 8. The molecule has 12 atom stereocenters. The van der Waals surface area contributed by atoms with Crippen LogP contribution in [0.5, 0.6) is 0 Å². The lowest BCUT2D eigenvalue weighted by molar-refractivity contribution is -0.287. The van der Waals surface area contributed by atoms with Gasteiger partial charge in [-0.1, -0.05) is 6.08 Å². The Hall–Kier alpha value is -1.69. The molecule has 0 bridgehead atoms. The number of ether oxygens (including phenoxy) is 3. The van der Waals surface area contributed by atoms with Crippen LogP contribution in [0.15, 0.2) is 25.2 Å². The number of hydrogen-bond acceptors (Lipinski definition) is 17. The molecule has 2 fully saturated rings. The number of fused-ring (bicyclic) bond motifs is 1. The summed E-state index contributed by atoms with van der Waals surface area (Å²) in [6.07, 6.45) is -13.7. The molecule has 2 aromatic heterocycles. The van der Waals surface area contributed by atoms with Crippen LogP contribution in [0.4, 0.5) is 14.6 Å². The van der Waals surface area contributed by atoms with Crippen molar-refractivity contribution in [2.45, 2.75) is 60.5 Å². The van der Waals surface area contributed by atoms with Crippen molar-refractivity contribution < 1.29 is 76.2 Å². The summed E-state index contributed by atoms with van der Waals surface area (Å²) in [6.45, 7) is -4.07. The molecule has 19 nitrogen and oxygen atoms in total. The van der Waals surface area contributed by atoms with E-state index in [2.05, 4.69) is 42.3 Å². The van der Waals surface area contributed by atoms with Gasteiger partial charge in [0.15, 0.2) is 30.0 Å². The third-order valence-corrected chi connectivity index (χ3v) is 10.4. The Labute approximate surface area is 251 Å². The molecule has 9 N–H and O–H groups in total. The predicted octanol–water partition coefficient (Wildman–Crippen LogP) is -2.12. The number of methoxy groups -OCH3 is 1. The molecule has 0 aromatic carbocycles. The Morgan fingerprint density at radius 3 is 2.57 bits per heavy atom. The summed E-state index contributed by atoms with van der Waals surface area (Å²) in [5, 5.41) is 53.8. The first-order valence-corrected chi connectivity index (χ1v) is 16.4. The van der Waals surface area contributed by atoms with Crippen molar-refractivity contribution in [3.8, 4) is 0 Å². The standard InChI is InChI=1S/C20H29F2N5O14P2S/c1-3-19(36-2)14(9-4-24-16-15(23)25-7-26-27(9)16)39-20(22,18(19)32)6-37-43(35,44)41-42(33,34)40-17-12(31)10(29)11(30)13(38-17)8(21)5-28/h3-4,7-8,10-14,17-18,28-32H,1,5-6H2,2H3,(H,33,34)(H,35,44)(H2,23,25,26)/t8-,10?,11?,12?,13?,14-,17?,18-,19-,20+,43?/m0/s1. The van der Waals surface area contributed by atoms with Gasteiger partial charge in [-0.05, 0) is 11.8 Å². The Morgan fingerprint density at radius 1 is 1.27 bits per heavy atom. The normalized spacial score (nSPS) is 37.8. The van der Waals surface area contributed by atoms with Crippen molar-refractivity contribution in [3.63, 3.8) is 0 Å². The lowest BCUT2D eigenvalue weighted by atomic mass is 9.88. The topological polar surface area (TPSA) is 283 Å². The van der Waals surface area contributed by atoms with E-state index in [0.717, 1.165) is 24.0 Å². The first-order chi connectivity index (χ1) is 20.5. The van der Waals surface area contributed by atoms with E-state index in [1.165, 1.54) is 6.20 Å². The number of halogens is 2. The Balaban J connectivity index is 1.50. The molecular formula is C20H29F2N5O14P2S. The van der Waals surface area contributed by atoms with Gasteiger partial charge in [0, 0.05) is 7.11 Å². The van der Waals surface area contributed by atoms with E-state index < -0.39 is 88.3 Å². The van der Waals surface area contributed by atoms with Crippen LogP contribution in [0.25, 0.3) is 5.65 Å². The summed E-state index contributed by atoms with van der Waals surface area (Å²) in [5.74, 6) is -3.31. The van der Waals surface area contributed by atoms with Crippen molar-refractivity contribution in [3.05, 3.63) is 30.9 Å². The quantitative estimate of drug-likeness (QED) is 0.0870. The molecule has 7 unspecified atom stereocenters. The molecule has 248 valence electrons. The monoisotopic (exact) mass is 695 g/mol. The first-order valence-electron chi connectivity index (χ1n) is 12.3. The fourth-order valence-corrected chi connectivity index (χ4v) is 7.70. The van der Waals surface area contributed by atoms with Crippen LogP contribution < -0.4 is 5.73 Å². The van der Waals surface area contributed by atoms with Crippen LogP contribution in [-0.2, 0) is 43.9 Å². The molecular weight excluding hydrogens is 666 g/mol. The molecule has 2 aliphatic rings. The molecule has 2 aliphatic heterocycles. The molecule has 2 saturated heterocycles. The Morgan fingerprint density at radius 2 is 1.95 bits per heavy atom. The zero-order valence-corrected chi connectivity index (χ0v) is 25.0. The number of nitrogens with zero attached hydrogens (tertiary/aromatic N) is 4. The number of alkyl halides is 2. The van der Waals surface area contributed by atoms with Gasteiger partial charge in [0.2, 0.25) is 0 Å². The number of imidazole rings is 1. The van der Waals surface area contributed by atoms with E-state index in [9.17, 15) is 39.2 Å². The number of aliphatic hydroxyl groups is 5. The van der Waals surface area contributed by atoms with Crippen LogP contribution in [-0.4, -0.2) is 130 Å². The van der Waals surface area contributed by atoms with E-state index in [0.29, 0.717) is 0 Å². The van der Waals surface area contributed by atoms with Crippen LogP contribution in [0.3, 0.4) is 0 Å². The third-order valence-electron chi connectivity index (χ3n) is 6.86. The third kappa shape index (κ3) is 6.45. The number of aliphatic hydroxyl groups excluding tert-OH is 5. The second-order valence-corrected chi connectivity index (χ2v) is 13.9. The maximum atomic E-state index is 16.2. The molecule has 4 heterocycles. The SMILES string of the molecule is C=C[C@]1(OC)[C@H](c2cnc3c(N)ncnn23)O[C@](F)(COP(O)(=S)OP(=O)(O)OC2OC([C@@H](F)CO)C(O)C(O)C2O)[C@H]1O. The fraction of sp³-hybridized carbons (Fsp3) is 0.650. The van der Waals surface area contributed by atoms with E-state index in [1.54, 1.807) is 0 Å². The Kier molecular flexibility index (Phi) is 10.3. The maximum absolute atomic E-state index is 16.2. The summed E-state index contributed by atoms with van der Waals surface area (Å²) in [7, 11) is -4.54. The number of nitrogen functional groups attached to an aromatic ring is 1. The number of aromatic nitrogens is 4. The minimum Gasteiger partial charge on any atom is -0.393 e. The molecule has 0 spiro atoms. The second-order valence-electron chi connectivity index (χ2n) is 9.55. The van der Waals surface area contributed by atoms with Crippen LogP contribution in [0.2, 0.25) is 0 Å². The highest BCUT2D eigenvalue weighted by molar-refractivity contribution is 8.08. The van der Waals surface area contributed by atoms with Crippen LogP contribution in [0.1, 0.15) is 11.8 Å². The number of phosphoric acid groups is 1. The minimum atomic E-state index is -5.65. The molecule has 0 aliphatic carbocycles. The van der Waals surface area contributed by atoms with Crippen molar-refractivity contribution >= 4 is 37.8 Å². The fourth-order valence-electron chi connectivity index (χ4n) is 4.63. The summed E-state index contributed by atoms with van der Waals surface area (Å²) >= 11 is 4.66. The molecule has 2 aromatic rings. The highest BCUT2D eigenvalue weighted by Gasteiger charge is 2.66. The highest BCUT2D eigenvalue weighted by Crippen LogP contribution is 2.62. The average molecular weight is 695 g/mol. The van der Waals surface area contributed by atoms with Gasteiger partial charge in [0.1, 0.15) is 49.1 Å². The molecule has 4 rings (SSSR count). The van der Waals surface area contributed by atoms with Gasteiger partial charge in [0.25, 0.3) is 5.85 Å². The molecule has 44 heavy (non-hydrogen) atoms. The van der Waals surface area contributed by atoms with E-state index in [4.69, 9.17) is 29.6 Å². The van der Waals surface area contributed by atoms with Crippen molar-refractivity contribution in [1.82, 2.24) is 19.6 Å². The van der Waals surface area contributed by atoms with Crippen molar-refractivity contribution in [2.24, 2.45) is 0 Å². The highest BCUT2D eigenvalue weighted by atomic mass is 32.5. The van der Waals surface area contributed by atoms with Gasteiger partial charge in [-0.15, -0.1) is 6.58 Å². The summed E-state index contributed by atoms with van der Waals surface area (Å²) in [4.78, 5) is 28.4. The molecule has 24 heteroatoms. The number of phosphoric ester groups is 1. The van der Waals surface area contributed by atoms with Gasteiger partial charge in [-0.25, -0.2) is 32.1 Å². The van der Waals surface area contributed by atoms with Crippen LogP contribution in [0, 0.1) is 0 Å².